The topological polar surface area (TPSA) is 44.4 Å². The van der Waals surface area contributed by atoms with Gasteiger partial charge in [-0.3, -0.25) is 9.69 Å². The number of carbonyl (C=O) groups excluding carboxylic acids is 1. The molecule has 1 heterocycles. The molecule has 2 N–H and O–H groups in total. The Labute approximate surface area is 129 Å². The van der Waals surface area contributed by atoms with Crippen LogP contribution in [0.1, 0.15) is 12.8 Å². The maximum Gasteiger partial charge on any atom is 0.238 e. The summed E-state index contributed by atoms with van der Waals surface area (Å²) in [5.41, 5.74) is 0.491. The van der Waals surface area contributed by atoms with Crippen LogP contribution < -0.4 is 10.6 Å². The van der Waals surface area contributed by atoms with E-state index in [1.165, 1.54) is 0 Å². The molecule has 4 nitrogen and oxygen atoms in total. The second-order valence-electron chi connectivity index (χ2n) is 4.97. The van der Waals surface area contributed by atoms with Crippen LogP contribution in [0.25, 0.3) is 0 Å². The van der Waals surface area contributed by atoms with Gasteiger partial charge in [-0.2, -0.15) is 0 Å². The van der Waals surface area contributed by atoms with Gasteiger partial charge in [-0.25, -0.2) is 0 Å². The SMILES string of the molecule is CNCC1CCCN1CC(=O)Nc1c(Cl)cccc1Cl. The van der Waals surface area contributed by atoms with Crippen molar-refractivity contribution >= 4 is 34.8 Å². The number of carbonyl (C=O) groups is 1. The number of nitrogens with one attached hydrogen (secondary N) is 2. The molecule has 0 spiro atoms. The van der Waals surface area contributed by atoms with E-state index in [1.54, 1.807) is 18.2 Å². The molecule has 1 aromatic carbocycles. The normalized spacial score (nSPS) is 19.2. The van der Waals surface area contributed by atoms with E-state index in [4.69, 9.17) is 23.2 Å². The molecule has 1 aromatic rings. The van der Waals surface area contributed by atoms with Gasteiger partial charge >= 0.3 is 0 Å². The monoisotopic (exact) mass is 315 g/mol. The maximum atomic E-state index is 12.1. The molecule has 1 aliphatic heterocycles. The van der Waals surface area contributed by atoms with Crippen LogP contribution in [0.3, 0.4) is 0 Å². The summed E-state index contributed by atoms with van der Waals surface area (Å²) in [4.78, 5) is 14.3. The number of para-hydroxylation sites is 1. The first-order valence-corrected chi connectivity index (χ1v) is 7.50. The molecule has 0 aliphatic carbocycles. The molecular formula is C14H19Cl2N3O. The summed E-state index contributed by atoms with van der Waals surface area (Å²) in [6, 6.07) is 5.60. The van der Waals surface area contributed by atoms with Crippen LogP contribution in [-0.4, -0.2) is 43.5 Å². The summed E-state index contributed by atoms with van der Waals surface area (Å²) in [6.45, 7) is 2.23. The Balaban J connectivity index is 1.95. The molecule has 1 unspecified atom stereocenters. The summed E-state index contributed by atoms with van der Waals surface area (Å²) in [7, 11) is 1.93. The molecule has 110 valence electrons. The van der Waals surface area contributed by atoms with Crippen molar-refractivity contribution in [1.29, 1.82) is 0 Å². The van der Waals surface area contributed by atoms with Crippen LogP contribution in [0.2, 0.25) is 10.0 Å². The molecule has 20 heavy (non-hydrogen) atoms. The van der Waals surface area contributed by atoms with Crippen molar-refractivity contribution in [2.45, 2.75) is 18.9 Å². The van der Waals surface area contributed by atoms with Gasteiger partial charge in [-0.05, 0) is 38.6 Å². The van der Waals surface area contributed by atoms with Gasteiger partial charge in [0.1, 0.15) is 0 Å². The van der Waals surface area contributed by atoms with Gasteiger partial charge in [0, 0.05) is 12.6 Å². The number of likely N-dealkylation sites (N-methyl/N-ethyl adjacent to an activating group) is 1. The highest BCUT2D eigenvalue weighted by Crippen LogP contribution is 2.29. The van der Waals surface area contributed by atoms with Gasteiger partial charge in [0.25, 0.3) is 0 Å². The Kier molecular flexibility index (Phi) is 5.66. The van der Waals surface area contributed by atoms with E-state index in [0.717, 1.165) is 25.9 Å². The van der Waals surface area contributed by atoms with Crippen LogP contribution >= 0.6 is 23.2 Å². The van der Waals surface area contributed by atoms with Crippen molar-refractivity contribution in [1.82, 2.24) is 10.2 Å². The number of rotatable bonds is 5. The van der Waals surface area contributed by atoms with Crippen LogP contribution in [0.5, 0.6) is 0 Å². The van der Waals surface area contributed by atoms with E-state index in [9.17, 15) is 4.79 Å². The number of hydrogen-bond donors (Lipinski definition) is 2. The van der Waals surface area contributed by atoms with E-state index >= 15 is 0 Å². The Morgan fingerprint density at radius 3 is 2.75 bits per heavy atom. The molecule has 6 heteroatoms. The lowest BCUT2D eigenvalue weighted by Crippen LogP contribution is -2.41. The smallest absolute Gasteiger partial charge is 0.238 e. The molecule has 0 bridgehead atoms. The lowest BCUT2D eigenvalue weighted by Gasteiger charge is -2.23. The average molecular weight is 316 g/mol. The Morgan fingerprint density at radius 2 is 2.10 bits per heavy atom. The molecule has 1 saturated heterocycles. The first-order valence-electron chi connectivity index (χ1n) is 6.74. The van der Waals surface area contributed by atoms with Crippen LogP contribution in [0, 0.1) is 0 Å². The summed E-state index contributed by atoms with van der Waals surface area (Å²) in [5, 5.41) is 6.88. The fourth-order valence-electron chi connectivity index (χ4n) is 2.55. The summed E-state index contributed by atoms with van der Waals surface area (Å²) in [6.07, 6.45) is 2.26. The van der Waals surface area contributed by atoms with E-state index in [2.05, 4.69) is 15.5 Å². The summed E-state index contributed by atoms with van der Waals surface area (Å²) < 4.78 is 0. The molecule has 1 fully saturated rings. The lowest BCUT2D eigenvalue weighted by molar-refractivity contribution is -0.117. The number of halogens is 2. The lowest BCUT2D eigenvalue weighted by atomic mass is 10.2. The largest absolute Gasteiger partial charge is 0.322 e. The van der Waals surface area contributed by atoms with Gasteiger partial charge < -0.3 is 10.6 Å². The van der Waals surface area contributed by atoms with Gasteiger partial charge in [0.05, 0.1) is 22.3 Å². The molecule has 0 aromatic heterocycles. The number of anilines is 1. The molecule has 0 radical (unpaired) electrons. The van der Waals surface area contributed by atoms with Gasteiger partial charge in [0.15, 0.2) is 0 Å². The predicted molar refractivity (Wildman–Crippen MR) is 83.6 cm³/mol. The second kappa shape index (κ2) is 7.27. The quantitative estimate of drug-likeness (QED) is 0.878. The van der Waals surface area contributed by atoms with Crippen molar-refractivity contribution < 1.29 is 4.79 Å². The first kappa shape index (κ1) is 15.6. The number of benzene rings is 1. The van der Waals surface area contributed by atoms with Crippen LogP contribution in [0.15, 0.2) is 18.2 Å². The second-order valence-corrected chi connectivity index (χ2v) is 5.78. The van der Waals surface area contributed by atoms with E-state index in [-0.39, 0.29) is 5.91 Å². The summed E-state index contributed by atoms with van der Waals surface area (Å²) in [5.74, 6) is -0.0806. The zero-order valence-electron chi connectivity index (χ0n) is 11.5. The van der Waals surface area contributed by atoms with Crippen molar-refractivity contribution in [2.75, 3.05) is 32.0 Å². The first-order chi connectivity index (χ1) is 9.61. The third-order valence-electron chi connectivity index (χ3n) is 3.51. The molecule has 2 rings (SSSR count). The minimum atomic E-state index is -0.0806. The van der Waals surface area contributed by atoms with E-state index in [1.807, 2.05) is 7.05 Å². The third kappa shape index (κ3) is 3.85. The molecule has 1 amide bonds. The standard InChI is InChI=1S/C14H19Cl2N3O/c1-17-8-10-4-3-7-19(10)9-13(20)18-14-11(15)5-2-6-12(14)16/h2,5-6,10,17H,3-4,7-9H2,1H3,(H,18,20). The highest BCUT2D eigenvalue weighted by Gasteiger charge is 2.25. The zero-order valence-corrected chi connectivity index (χ0v) is 13.0. The van der Waals surface area contributed by atoms with E-state index in [0.29, 0.717) is 28.3 Å². The number of nitrogens with zero attached hydrogens (tertiary/aromatic N) is 1. The average Bonchev–Trinajstić information content (AvgIpc) is 2.82. The fourth-order valence-corrected chi connectivity index (χ4v) is 3.04. The van der Waals surface area contributed by atoms with Crippen molar-refractivity contribution in [3.8, 4) is 0 Å². The summed E-state index contributed by atoms with van der Waals surface area (Å²) >= 11 is 12.1. The molecule has 1 atom stereocenters. The van der Waals surface area contributed by atoms with Crippen molar-refractivity contribution in [2.24, 2.45) is 0 Å². The predicted octanol–water partition coefficient (Wildman–Crippen LogP) is 2.62. The van der Waals surface area contributed by atoms with Gasteiger partial charge in [-0.15, -0.1) is 0 Å². The highest BCUT2D eigenvalue weighted by molar-refractivity contribution is 6.39. The number of likely N-dealkylation sites (tertiary alicyclic amines) is 1. The van der Waals surface area contributed by atoms with Crippen molar-refractivity contribution in [3.63, 3.8) is 0 Å². The van der Waals surface area contributed by atoms with Gasteiger partial charge in [-0.1, -0.05) is 29.3 Å². The van der Waals surface area contributed by atoms with Crippen LogP contribution in [-0.2, 0) is 4.79 Å². The Hall–Kier alpha value is -0.810. The fraction of sp³-hybridized carbons (Fsp3) is 0.500. The zero-order chi connectivity index (χ0) is 14.5. The van der Waals surface area contributed by atoms with Crippen LogP contribution in [0.4, 0.5) is 5.69 Å². The Morgan fingerprint density at radius 1 is 1.40 bits per heavy atom. The number of amides is 1. The maximum absolute atomic E-state index is 12.1. The van der Waals surface area contributed by atoms with Crippen molar-refractivity contribution in [3.05, 3.63) is 28.2 Å². The molecule has 1 aliphatic rings. The Bertz CT molecular complexity index is 461. The molecule has 0 saturated carbocycles. The minimum absolute atomic E-state index is 0.0806. The molecular weight excluding hydrogens is 297 g/mol. The van der Waals surface area contributed by atoms with Gasteiger partial charge in [0.2, 0.25) is 5.91 Å². The highest BCUT2D eigenvalue weighted by atomic mass is 35.5. The number of hydrogen-bond acceptors (Lipinski definition) is 3. The minimum Gasteiger partial charge on any atom is -0.322 e. The van der Waals surface area contributed by atoms with E-state index < -0.39 is 0 Å². The third-order valence-corrected chi connectivity index (χ3v) is 4.14.